The Morgan fingerprint density at radius 3 is 2.58 bits per heavy atom. The normalized spacial score (nSPS) is 17.2. The Bertz CT molecular complexity index is 415. The topological polar surface area (TPSA) is 26.7 Å². The molecular weight excluding hydrogens is 260 g/mol. The van der Waals surface area contributed by atoms with Crippen LogP contribution in [0, 0.1) is 5.92 Å². The lowest BCUT2D eigenvalue weighted by atomic mass is 9.95. The molecule has 0 atom stereocenters. The fourth-order valence-corrected chi connectivity index (χ4v) is 3.00. The summed E-state index contributed by atoms with van der Waals surface area (Å²) < 4.78 is 0. The van der Waals surface area contributed by atoms with E-state index < -0.39 is 0 Å². The molecule has 19 heavy (non-hydrogen) atoms. The van der Waals surface area contributed by atoms with E-state index in [1.54, 1.807) is 0 Å². The van der Waals surface area contributed by atoms with Gasteiger partial charge in [-0.15, -0.1) is 0 Å². The van der Waals surface area contributed by atoms with Gasteiger partial charge in [-0.3, -0.25) is 0 Å². The summed E-state index contributed by atoms with van der Waals surface area (Å²) in [4.78, 5) is 4.61. The fourth-order valence-electron chi connectivity index (χ4n) is 2.84. The summed E-state index contributed by atoms with van der Waals surface area (Å²) in [6.07, 6.45) is 2.41. The van der Waals surface area contributed by atoms with E-state index >= 15 is 0 Å². The van der Waals surface area contributed by atoms with E-state index in [1.807, 2.05) is 18.2 Å². The molecule has 1 aromatic carbocycles. The average Bonchev–Trinajstić information content (AvgIpc) is 2.39. The van der Waals surface area contributed by atoms with Gasteiger partial charge in [0.2, 0.25) is 0 Å². The van der Waals surface area contributed by atoms with E-state index in [4.69, 9.17) is 11.6 Å². The van der Waals surface area contributed by atoms with Crippen LogP contribution in [-0.2, 0) is 6.61 Å². The van der Waals surface area contributed by atoms with Crippen LogP contribution in [0.4, 0.5) is 5.69 Å². The van der Waals surface area contributed by atoms with Crippen molar-refractivity contribution in [2.45, 2.75) is 19.4 Å². The Labute approximate surface area is 120 Å². The van der Waals surface area contributed by atoms with Crippen molar-refractivity contribution in [3.8, 4) is 0 Å². The Hall–Kier alpha value is -0.770. The monoisotopic (exact) mass is 282 g/mol. The third-order valence-electron chi connectivity index (χ3n) is 3.80. The molecule has 0 spiro atoms. The standard InChI is InChI=1S/C15H23ClN2O/c1-17(2)10-12-5-7-18(8-6-12)15-9-14(16)4-3-13(15)11-19/h3-4,9,12,19H,5-8,10-11H2,1-2H3. The molecule has 0 bridgehead atoms. The van der Waals surface area contributed by atoms with Gasteiger partial charge in [-0.05, 0) is 45.0 Å². The van der Waals surface area contributed by atoms with Crippen molar-refractivity contribution in [1.82, 2.24) is 4.90 Å². The molecule has 106 valence electrons. The molecule has 1 aliphatic heterocycles. The first kappa shape index (κ1) is 14.6. The maximum atomic E-state index is 9.43. The summed E-state index contributed by atoms with van der Waals surface area (Å²) in [5.41, 5.74) is 2.06. The highest BCUT2D eigenvalue weighted by Gasteiger charge is 2.21. The van der Waals surface area contributed by atoms with Gasteiger partial charge in [0.05, 0.1) is 6.61 Å². The predicted octanol–water partition coefficient (Wildman–Crippen LogP) is 2.61. The van der Waals surface area contributed by atoms with Gasteiger partial charge in [-0.1, -0.05) is 17.7 Å². The lowest BCUT2D eigenvalue weighted by molar-refractivity contribution is 0.277. The first-order valence-corrected chi connectivity index (χ1v) is 7.27. The molecule has 0 unspecified atom stereocenters. The van der Waals surface area contributed by atoms with Gasteiger partial charge in [0.25, 0.3) is 0 Å². The van der Waals surface area contributed by atoms with E-state index in [0.29, 0.717) is 0 Å². The number of piperidine rings is 1. The number of aliphatic hydroxyl groups excluding tert-OH is 1. The molecule has 0 radical (unpaired) electrons. The molecule has 1 heterocycles. The Morgan fingerprint density at radius 2 is 2.00 bits per heavy atom. The summed E-state index contributed by atoms with van der Waals surface area (Å²) in [7, 11) is 4.26. The molecule has 0 saturated carbocycles. The zero-order valence-electron chi connectivity index (χ0n) is 11.8. The zero-order chi connectivity index (χ0) is 13.8. The van der Waals surface area contributed by atoms with E-state index in [9.17, 15) is 5.11 Å². The molecule has 3 nitrogen and oxygen atoms in total. The van der Waals surface area contributed by atoms with E-state index in [2.05, 4.69) is 23.9 Å². The van der Waals surface area contributed by atoms with Crippen LogP contribution >= 0.6 is 11.6 Å². The smallest absolute Gasteiger partial charge is 0.0702 e. The lowest BCUT2D eigenvalue weighted by Crippen LogP contribution is -2.37. The number of benzene rings is 1. The van der Waals surface area contributed by atoms with Crippen LogP contribution in [0.2, 0.25) is 5.02 Å². The number of nitrogens with zero attached hydrogens (tertiary/aromatic N) is 2. The second-order valence-corrected chi connectivity index (χ2v) is 6.06. The van der Waals surface area contributed by atoms with Crippen molar-refractivity contribution in [1.29, 1.82) is 0 Å². The maximum absolute atomic E-state index is 9.43. The summed E-state index contributed by atoms with van der Waals surface area (Å²) >= 11 is 6.08. The van der Waals surface area contributed by atoms with Gasteiger partial charge < -0.3 is 14.9 Å². The molecule has 4 heteroatoms. The second kappa shape index (κ2) is 6.60. The molecule has 1 fully saturated rings. The highest BCUT2D eigenvalue weighted by atomic mass is 35.5. The molecule has 1 saturated heterocycles. The zero-order valence-corrected chi connectivity index (χ0v) is 12.5. The number of hydrogen-bond acceptors (Lipinski definition) is 3. The molecule has 1 aliphatic rings. The minimum absolute atomic E-state index is 0.0735. The van der Waals surface area contributed by atoms with Gasteiger partial charge in [0.15, 0.2) is 0 Å². The quantitative estimate of drug-likeness (QED) is 0.920. The molecule has 0 amide bonds. The third kappa shape index (κ3) is 3.85. The third-order valence-corrected chi connectivity index (χ3v) is 4.03. The van der Waals surface area contributed by atoms with Crippen molar-refractivity contribution in [3.05, 3.63) is 28.8 Å². The second-order valence-electron chi connectivity index (χ2n) is 5.62. The van der Waals surface area contributed by atoms with Crippen LogP contribution in [0.3, 0.4) is 0 Å². The van der Waals surface area contributed by atoms with Gasteiger partial charge in [0, 0.05) is 35.9 Å². The Balaban J connectivity index is 2.03. The van der Waals surface area contributed by atoms with Crippen molar-refractivity contribution >= 4 is 17.3 Å². The van der Waals surface area contributed by atoms with Crippen LogP contribution in [0.15, 0.2) is 18.2 Å². The summed E-state index contributed by atoms with van der Waals surface area (Å²) in [6, 6.07) is 5.73. The number of aliphatic hydroxyl groups is 1. The van der Waals surface area contributed by atoms with E-state index in [1.165, 1.54) is 12.8 Å². The van der Waals surface area contributed by atoms with Crippen LogP contribution in [0.1, 0.15) is 18.4 Å². The fraction of sp³-hybridized carbons (Fsp3) is 0.600. The largest absolute Gasteiger partial charge is 0.392 e. The average molecular weight is 283 g/mol. The maximum Gasteiger partial charge on any atom is 0.0702 e. The number of rotatable bonds is 4. The van der Waals surface area contributed by atoms with Gasteiger partial charge in [-0.25, -0.2) is 0 Å². The first-order valence-electron chi connectivity index (χ1n) is 6.89. The number of halogens is 1. The summed E-state index contributed by atoms with van der Waals surface area (Å²) in [6.45, 7) is 3.33. The van der Waals surface area contributed by atoms with Crippen LogP contribution in [0.5, 0.6) is 0 Å². The van der Waals surface area contributed by atoms with Crippen molar-refractivity contribution < 1.29 is 5.11 Å². The molecular formula is C15H23ClN2O. The van der Waals surface area contributed by atoms with Crippen molar-refractivity contribution in [2.24, 2.45) is 5.92 Å². The molecule has 0 aromatic heterocycles. The van der Waals surface area contributed by atoms with E-state index in [-0.39, 0.29) is 6.61 Å². The van der Waals surface area contributed by atoms with Crippen LogP contribution in [0.25, 0.3) is 0 Å². The lowest BCUT2D eigenvalue weighted by Gasteiger charge is -2.35. The molecule has 1 N–H and O–H groups in total. The van der Waals surface area contributed by atoms with Crippen molar-refractivity contribution in [2.75, 3.05) is 38.6 Å². The Kier molecular flexibility index (Phi) is 5.08. The molecule has 1 aromatic rings. The van der Waals surface area contributed by atoms with Gasteiger partial charge in [0.1, 0.15) is 0 Å². The minimum atomic E-state index is 0.0735. The van der Waals surface area contributed by atoms with Crippen LogP contribution < -0.4 is 4.90 Å². The SMILES string of the molecule is CN(C)CC1CCN(c2cc(Cl)ccc2CO)CC1. The first-order chi connectivity index (χ1) is 9.10. The summed E-state index contributed by atoms with van der Waals surface area (Å²) in [5, 5.41) is 10.2. The molecule has 2 rings (SSSR count). The minimum Gasteiger partial charge on any atom is -0.392 e. The Morgan fingerprint density at radius 1 is 1.32 bits per heavy atom. The molecule has 0 aliphatic carbocycles. The highest BCUT2D eigenvalue weighted by molar-refractivity contribution is 6.30. The number of anilines is 1. The van der Waals surface area contributed by atoms with Crippen LogP contribution in [-0.4, -0.2) is 43.7 Å². The summed E-state index contributed by atoms with van der Waals surface area (Å²) in [5.74, 6) is 0.781. The van der Waals surface area contributed by atoms with Gasteiger partial charge >= 0.3 is 0 Å². The predicted molar refractivity (Wildman–Crippen MR) is 80.9 cm³/mol. The van der Waals surface area contributed by atoms with E-state index in [0.717, 1.165) is 41.8 Å². The van der Waals surface area contributed by atoms with Gasteiger partial charge in [-0.2, -0.15) is 0 Å². The van der Waals surface area contributed by atoms with Crippen molar-refractivity contribution in [3.63, 3.8) is 0 Å². The highest BCUT2D eigenvalue weighted by Crippen LogP contribution is 2.29. The number of hydrogen-bond donors (Lipinski definition) is 1.